The first kappa shape index (κ1) is 17.2. The summed E-state index contributed by atoms with van der Waals surface area (Å²) >= 11 is 0. The highest BCUT2D eigenvalue weighted by molar-refractivity contribution is 5.78. The standard InChI is InChI=1S/C20H26N4O2/c25-20(24-8-4-5-9-24)16-23-12-10-22(11-13-23)15-18-14-19(21-26-18)17-6-2-1-3-7-17/h1-3,6-7,14H,4-5,8-13,15-16H2. The highest BCUT2D eigenvalue weighted by Gasteiger charge is 2.24. The first-order chi connectivity index (χ1) is 12.8. The van der Waals surface area contributed by atoms with Crippen molar-refractivity contribution in [1.82, 2.24) is 19.9 Å². The van der Waals surface area contributed by atoms with Crippen molar-refractivity contribution in [2.45, 2.75) is 19.4 Å². The van der Waals surface area contributed by atoms with Gasteiger partial charge in [0.15, 0.2) is 5.76 Å². The zero-order valence-electron chi connectivity index (χ0n) is 15.1. The molecule has 0 aliphatic carbocycles. The van der Waals surface area contributed by atoms with Crippen LogP contribution in [0.4, 0.5) is 0 Å². The van der Waals surface area contributed by atoms with Gasteiger partial charge in [-0.15, -0.1) is 0 Å². The van der Waals surface area contributed by atoms with E-state index in [-0.39, 0.29) is 0 Å². The van der Waals surface area contributed by atoms with Crippen LogP contribution in [0.1, 0.15) is 18.6 Å². The average Bonchev–Trinajstić information content (AvgIpc) is 3.36. The van der Waals surface area contributed by atoms with E-state index >= 15 is 0 Å². The van der Waals surface area contributed by atoms with Gasteiger partial charge < -0.3 is 9.42 Å². The molecule has 2 aliphatic rings. The smallest absolute Gasteiger partial charge is 0.236 e. The second-order valence-electron chi connectivity index (χ2n) is 7.18. The van der Waals surface area contributed by atoms with Gasteiger partial charge in [-0.05, 0) is 12.8 Å². The first-order valence-electron chi connectivity index (χ1n) is 9.51. The Balaban J connectivity index is 1.25. The molecule has 0 saturated carbocycles. The number of rotatable bonds is 5. The maximum Gasteiger partial charge on any atom is 0.236 e. The van der Waals surface area contributed by atoms with Crippen LogP contribution >= 0.6 is 0 Å². The highest BCUT2D eigenvalue weighted by Crippen LogP contribution is 2.20. The summed E-state index contributed by atoms with van der Waals surface area (Å²) in [6.07, 6.45) is 2.31. The normalized spacial score (nSPS) is 19.2. The maximum absolute atomic E-state index is 12.3. The summed E-state index contributed by atoms with van der Waals surface area (Å²) < 4.78 is 5.51. The summed E-state index contributed by atoms with van der Waals surface area (Å²) in [6.45, 7) is 6.98. The molecule has 1 aromatic carbocycles. The lowest BCUT2D eigenvalue weighted by Gasteiger charge is -2.34. The van der Waals surface area contributed by atoms with E-state index < -0.39 is 0 Å². The van der Waals surface area contributed by atoms with E-state index in [4.69, 9.17) is 4.52 Å². The zero-order chi connectivity index (χ0) is 17.8. The van der Waals surface area contributed by atoms with Gasteiger partial charge in [0.1, 0.15) is 5.69 Å². The van der Waals surface area contributed by atoms with Gasteiger partial charge in [0.2, 0.25) is 5.91 Å². The average molecular weight is 354 g/mol. The molecule has 2 fully saturated rings. The third-order valence-corrected chi connectivity index (χ3v) is 5.29. The van der Waals surface area contributed by atoms with Crippen molar-refractivity contribution < 1.29 is 9.32 Å². The minimum atomic E-state index is 0.290. The second kappa shape index (κ2) is 8.01. The van der Waals surface area contributed by atoms with Crippen LogP contribution in [0.3, 0.4) is 0 Å². The van der Waals surface area contributed by atoms with E-state index in [0.717, 1.165) is 75.7 Å². The lowest BCUT2D eigenvalue weighted by molar-refractivity contribution is -0.131. The third-order valence-electron chi connectivity index (χ3n) is 5.29. The molecule has 0 unspecified atom stereocenters. The van der Waals surface area contributed by atoms with Crippen LogP contribution in [0, 0.1) is 0 Å². The third kappa shape index (κ3) is 4.14. The Morgan fingerprint density at radius 3 is 2.38 bits per heavy atom. The summed E-state index contributed by atoms with van der Waals surface area (Å²) in [7, 11) is 0. The molecule has 4 rings (SSSR count). The Bertz CT molecular complexity index is 716. The Morgan fingerprint density at radius 2 is 1.65 bits per heavy atom. The monoisotopic (exact) mass is 354 g/mol. The molecule has 2 saturated heterocycles. The molecule has 0 atom stereocenters. The number of hydrogen-bond acceptors (Lipinski definition) is 5. The van der Waals surface area contributed by atoms with E-state index in [1.807, 2.05) is 41.3 Å². The van der Waals surface area contributed by atoms with E-state index in [9.17, 15) is 4.79 Å². The van der Waals surface area contributed by atoms with Crippen LogP contribution in [0.2, 0.25) is 0 Å². The predicted octanol–water partition coefficient (Wildman–Crippen LogP) is 2.08. The fourth-order valence-electron chi connectivity index (χ4n) is 3.72. The van der Waals surface area contributed by atoms with Gasteiger partial charge in [-0.25, -0.2) is 0 Å². The molecule has 0 bridgehead atoms. The SMILES string of the molecule is O=C(CN1CCN(Cc2cc(-c3ccccc3)no2)CC1)N1CCCC1. The Kier molecular flexibility index (Phi) is 5.32. The largest absolute Gasteiger partial charge is 0.359 e. The van der Waals surface area contributed by atoms with Crippen LogP contribution < -0.4 is 0 Å². The van der Waals surface area contributed by atoms with E-state index in [1.165, 1.54) is 0 Å². The Morgan fingerprint density at radius 1 is 0.962 bits per heavy atom. The predicted molar refractivity (Wildman–Crippen MR) is 99.5 cm³/mol. The van der Waals surface area contributed by atoms with E-state index in [0.29, 0.717) is 12.5 Å². The molecule has 1 aromatic heterocycles. The molecule has 1 amide bonds. The number of benzene rings is 1. The van der Waals surface area contributed by atoms with E-state index in [2.05, 4.69) is 15.0 Å². The van der Waals surface area contributed by atoms with Crippen molar-refractivity contribution in [2.75, 3.05) is 45.8 Å². The molecule has 138 valence electrons. The molecule has 6 heteroatoms. The van der Waals surface area contributed by atoms with Crippen LogP contribution in [-0.2, 0) is 11.3 Å². The minimum Gasteiger partial charge on any atom is -0.359 e. The Labute approximate surface area is 154 Å². The number of piperazine rings is 1. The number of aromatic nitrogens is 1. The van der Waals surface area contributed by atoms with Gasteiger partial charge in [0.05, 0.1) is 13.1 Å². The summed E-state index contributed by atoms with van der Waals surface area (Å²) in [5.41, 5.74) is 1.96. The lowest BCUT2D eigenvalue weighted by Crippen LogP contribution is -2.49. The van der Waals surface area contributed by atoms with Crippen molar-refractivity contribution in [3.63, 3.8) is 0 Å². The fraction of sp³-hybridized carbons (Fsp3) is 0.500. The van der Waals surface area contributed by atoms with Crippen LogP contribution in [0.5, 0.6) is 0 Å². The summed E-state index contributed by atoms with van der Waals surface area (Å²) in [4.78, 5) is 18.9. The van der Waals surface area contributed by atoms with Crippen molar-refractivity contribution in [3.05, 3.63) is 42.2 Å². The molecule has 3 heterocycles. The number of likely N-dealkylation sites (tertiary alicyclic amines) is 1. The number of carbonyl (C=O) groups is 1. The van der Waals surface area contributed by atoms with E-state index in [1.54, 1.807) is 0 Å². The van der Waals surface area contributed by atoms with Crippen molar-refractivity contribution in [3.8, 4) is 11.3 Å². The number of amides is 1. The van der Waals surface area contributed by atoms with Gasteiger partial charge in [0.25, 0.3) is 0 Å². The molecule has 0 radical (unpaired) electrons. The molecule has 2 aliphatic heterocycles. The molecular weight excluding hydrogens is 328 g/mol. The number of hydrogen-bond donors (Lipinski definition) is 0. The summed E-state index contributed by atoms with van der Waals surface area (Å²) in [5.74, 6) is 1.18. The minimum absolute atomic E-state index is 0.290. The van der Waals surface area contributed by atoms with Crippen LogP contribution in [0.25, 0.3) is 11.3 Å². The van der Waals surface area contributed by atoms with Crippen LogP contribution in [-0.4, -0.2) is 71.6 Å². The number of nitrogens with zero attached hydrogens (tertiary/aromatic N) is 4. The van der Waals surface area contributed by atoms with Gasteiger partial charge in [-0.3, -0.25) is 14.6 Å². The molecule has 0 N–H and O–H groups in total. The maximum atomic E-state index is 12.3. The molecule has 26 heavy (non-hydrogen) atoms. The Hall–Kier alpha value is -2.18. The van der Waals surface area contributed by atoms with Crippen LogP contribution in [0.15, 0.2) is 40.9 Å². The zero-order valence-corrected chi connectivity index (χ0v) is 15.1. The molecule has 2 aromatic rings. The van der Waals surface area contributed by atoms with Crippen molar-refractivity contribution >= 4 is 5.91 Å². The molecule has 6 nitrogen and oxygen atoms in total. The molecule has 0 spiro atoms. The number of carbonyl (C=O) groups excluding carboxylic acids is 1. The topological polar surface area (TPSA) is 52.8 Å². The van der Waals surface area contributed by atoms with Gasteiger partial charge in [0, 0.05) is 50.9 Å². The quantitative estimate of drug-likeness (QED) is 0.823. The molecular formula is C20H26N4O2. The van der Waals surface area contributed by atoms with Gasteiger partial charge in [-0.1, -0.05) is 35.5 Å². The first-order valence-corrected chi connectivity index (χ1v) is 9.51. The van der Waals surface area contributed by atoms with Gasteiger partial charge >= 0.3 is 0 Å². The van der Waals surface area contributed by atoms with Crippen molar-refractivity contribution in [2.24, 2.45) is 0 Å². The van der Waals surface area contributed by atoms with Crippen molar-refractivity contribution in [1.29, 1.82) is 0 Å². The highest BCUT2D eigenvalue weighted by atomic mass is 16.5. The summed E-state index contributed by atoms with van der Waals surface area (Å²) in [6, 6.07) is 12.1. The van der Waals surface area contributed by atoms with Gasteiger partial charge in [-0.2, -0.15) is 0 Å². The summed E-state index contributed by atoms with van der Waals surface area (Å²) in [5, 5.41) is 4.19. The lowest BCUT2D eigenvalue weighted by atomic mass is 10.1. The fourth-order valence-corrected chi connectivity index (χ4v) is 3.72. The second-order valence-corrected chi connectivity index (χ2v) is 7.18.